The smallest absolute Gasteiger partial charge is 0.218 e. The van der Waals surface area contributed by atoms with Crippen LogP contribution in [0.5, 0.6) is 0 Å². The van der Waals surface area contributed by atoms with E-state index in [2.05, 4.69) is 22.1 Å². The fraction of sp³-hybridized carbons (Fsp3) is 0.143. The topological polar surface area (TPSA) is 34.5 Å². The third-order valence-corrected chi connectivity index (χ3v) is 2.74. The van der Waals surface area contributed by atoms with Gasteiger partial charge in [0, 0.05) is 12.4 Å². The van der Waals surface area contributed by atoms with Gasteiger partial charge in [0.25, 0.3) is 0 Å². The summed E-state index contributed by atoms with van der Waals surface area (Å²) in [5, 5.41) is 0. The van der Waals surface area contributed by atoms with Crippen LogP contribution in [0.4, 0.5) is 0 Å². The second-order valence-corrected chi connectivity index (χ2v) is 3.91. The lowest BCUT2D eigenvalue weighted by Gasteiger charge is -2.03. The second kappa shape index (κ2) is 4.37. The highest BCUT2D eigenvalue weighted by Crippen LogP contribution is 2.24. The molecule has 0 fully saturated rings. The zero-order chi connectivity index (χ0) is 11.5. The highest BCUT2D eigenvalue weighted by atomic mass is 16.5. The van der Waals surface area contributed by atoms with Gasteiger partial charge in [-0.1, -0.05) is 30.3 Å². The van der Waals surface area contributed by atoms with Gasteiger partial charge in [-0.15, -0.1) is 0 Å². The third-order valence-electron chi connectivity index (χ3n) is 2.74. The Bertz CT molecular complexity index is 522. The lowest BCUT2D eigenvalue weighted by molar-refractivity contribution is 0.319. The van der Waals surface area contributed by atoms with Gasteiger partial charge in [0.2, 0.25) is 5.90 Å². The molecule has 1 aromatic carbocycles. The van der Waals surface area contributed by atoms with Crippen LogP contribution in [0.1, 0.15) is 17.2 Å². The van der Waals surface area contributed by atoms with E-state index in [9.17, 15) is 0 Å². The average molecular weight is 224 g/mol. The van der Waals surface area contributed by atoms with E-state index < -0.39 is 0 Å². The van der Waals surface area contributed by atoms with Gasteiger partial charge in [-0.25, -0.2) is 4.99 Å². The number of nitrogens with zero attached hydrogens (tertiary/aromatic N) is 2. The van der Waals surface area contributed by atoms with E-state index in [-0.39, 0.29) is 6.04 Å². The van der Waals surface area contributed by atoms with E-state index in [1.807, 2.05) is 30.3 Å². The van der Waals surface area contributed by atoms with Crippen LogP contribution in [0.25, 0.3) is 0 Å². The Morgan fingerprint density at radius 2 is 1.94 bits per heavy atom. The predicted octanol–water partition coefficient (Wildman–Crippen LogP) is 2.60. The lowest BCUT2D eigenvalue weighted by Crippen LogP contribution is -2.01. The molecule has 0 N–H and O–H groups in total. The summed E-state index contributed by atoms with van der Waals surface area (Å²) in [6, 6.07) is 14.1. The molecular weight excluding hydrogens is 212 g/mol. The molecule has 1 aromatic heterocycles. The summed E-state index contributed by atoms with van der Waals surface area (Å²) < 4.78 is 5.62. The average Bonchev–Trinajstić information content (AvgIpc) is 2.90. The number of rotatable bonds is 2. The normalized spacial score (nSPS) is 18.6. The van der Waals surface area contributed by atoms with Gasteiger partial charge in [-0.3, -0.25) is 4.98 Å². The van der Waals surface area contributed by atoms with Gasteiger partial charge in [0.05, 0.1) is 5.56 Å². The number of hydrogen-bond donors (Lipinski definition) is 0. The first-order valence-corrected chi connectivity index (χ1v) is 5.59. The Balaban J connectivity index is 1.87. The zero-order valence-corrected chi connectivity index (χ0v) is 9.28. The molecule has 84 valence electrons. The molecule has 2 aromatic rings. The summed E-state index contributed by atoms with van der Waals surface area (Å²) in [4.78, 5) is 8.65. The van der Waals surface area contributed by atoms with Crippen LogP contribution in [0.15, 0.2) is 59.9 Å². The SMILES string of the molecule is c1ccc([C@@H]2COC(c3cccnc3)=N2)cc1. The molecule has 3 heteroatoms. The van der Waals surface area contributed by atoms with Crippen LogP contribution in [-0.2, 0) is 4.74 Å². The largest absolute Gasteiger partial charge is 0.475 e. The Hall–Kier alpha value is -2.16. The maximum absolute atomic E-state index is 5.62. The Morgan fingerprint density at radius 3 is 2.71 bits per heavy atom. The van der Waals surface area contributed by atoms with Gasteiger partial charge in [0.1, 0.15) is 12.6 Å². The van der Waals surface area contributed by atoms with Crippen LogP contribution in [-0.4, -0.2) is 17.5 Å². The maximum atomic E-state index is 5.62. The quantitative estimate of drug-likeness (QED) is 0.785. The summed E-state index contributed by atoms with van der Waals surface area (Å²) in [5.74, 6) is 0.687. The van der Waals surface area contributed by atoms with Crippen molar-refractivity contribution in [2.45, 2.75) is 6.04 Å². The van der Waals surface area contributed by atoms with Crippen molar-refractivity contribution < 1.29 is 4.74 Å². The summed E-state index contributed by atoms with van der Waals surface area (Å²) in [6.07, 6.45) is 3.51. The zero-order valence-electron chi connectivity index (χ0n) is 9.28. The van der Waals surface area contributed by atoms with Crippen LogP contribution in [0, 0.1) is 0 Å². The number of benzene rings is 1. The molecular formula is C14H12N2O. The van der Waals surface area contributed by atoms with Gasteiger partial charge in [0.15, 0.2) is 0 Å². The molecule has 1 aliphatic heterocycles. The lowest BCUT2D eigenvalue weighted by atomic mass is 10.1. The van der Waals surface area contributed by atoms with Crippen molar-refractivity contribution in [3.8, 4) is 0 Å². The molecule has 2 heterocycles. The summed E-state index contributed by atoms with van der Waals surface area (Å²) in [5.41, 5.74) is 2.12. The molecule has 3 rings (SSSR count). The molecule has 0 unspecified atom stereocenters. The molecule has 1 aliphatic rings. The van der Waals surface area contributed by atoms with Crippen molar-refractivity contribution in [2.75, 3.05) is 6.61 Å². The first-order chi connectivity index (χ1) is 8.43. The third kappa shape index (κ3) is 2.04. The van der Waals surface area contributed by atoms with Crippen LogP contribution in [0.3, 0.4) is 0 Å². The minimum atomic E-state index is 0.103. The molecule has 0 radical (unpaired) electrons. The van der Waals surface area contributed by atoms with Crippen LogP contribution in [0.2, 0.25) is 0 Å². The molecule has 0 saturated carbocycles. The summed E-state index contributed by atoms with van der Waals surface area (Å²) in [6.45, 7) is 0.605. The maximum Gasteiger partial charge on any atom is 0.218 e. The van der Waals surface area contributed by atoms with Gasteiger partial charge < -0.3 is 4.74 Å². The van der Waals surface area contributed by atoms with Crippen LogP contribution >= 0.6 is 0 Å². The standard InChI is InChI=1S/C14H12N2O/c1-2-5-11(6-3-1)13-10-17-14(16-13)12-7-4-8-15-9-12/h1-9,13H,10H2/t13-/m0/s1. The molecule has 17 heavy (non-hydrogen) atoms. The van der Waals surface area contributed by atoms with Gasteiger partial charge in [-0.05, 0) is 17.7 Å². The second-order valence-electron chi connectivity index (χ2n) is 3.91. The minimum Gasteiger partial charge on any atom is -0.475 e. The van der Waals surface area contributed by atoms with Crippen LogP contribution < -0.4 is 0 Å². The number of aliphatic imine (C=N–C) groups is 1. The molecule has 0 amide bonds. The van der Waals surface area contributed by atoms with Crippen molar-refractivity contribution in [3.63, 3.8) is 0 Å². The molecule has 0 bridgehead atoms. The Kier molecular flexibility index (Phi) is 2.58. The fourth-order valence-electron chi connectivity index (χ4n) is 1.87. The van der Waals surface area contributed by atoms with E-state index in [0.717, 1.165) is 5.56 Å². The Morgan fingerprint density at radius 1 is 1.06 bits per heavy atom. The molecule has 0 aliphatic carbocycles. The number of aromatic nitrogens is 1. The van der Waals surface area contributed by atoms with Crippen molar-refractivity contribution in [2.24, 2.45) is 4.99 Å². The molecule has 1 atom stereocenters. The fourth-order valence-corrected chi connectivity index (χ4v) is 1.87. The van der Waals surface area contributed by atoms with E-state index >= 15 is 0 Å². The van der Waals surface area contributed by atoms with E-state index in [0.29, 0.717) is 12.5 Å². The van der Waals surface area contributed by atoms with Crippen molar-refractivity contribution in [1.82, 2.24) is 4.98 Å². The highest BCUT2D eigenvalue weighted by Gasteiger charge is 2.21. The molecule has 3 nitrogen and oxygen atoms in total. The monoisotopic (exact) mass is 224 g/mol. The van der Waals surface area contributed by atoms with Crippen molar-refractivity contribution in [1.29, 1.82) is 0 Å². The number of ether oxygens (including phenoxy) is 1. The molecule has 0 spiro atoms. The Labute approximate surface area is 99.8 Å². The van der Waals surface area contributed by atoms with Crippen molar-refractivity contribution >= 4 is 5.90 Å². The minimum absolute atomic E-state index is 0.103. The highest BCUT2D eigenvalue weighted by molar-refractivity contribution is 5.94. The summed E-state index contributed by atoms with van der Waals surface area (Å²) >= 11 is 0. The molecule has 0 saturated heterocycles. The van der Waals surface area contributed by atoms with Crippen molar-refractivity contribution in [3.05, 3.63) is 66.0 Å². The number of hydrogen-bond acceptors (Lipinski definition) is 3. The van der Waals surface area contributed by atoms with Gasteiger partial charge in [-0.2, -0.15) is 0 Å². The van der Waals surface area contributed by atoms with E-state index in [1.54, 1.807) is 12.4 Å². The first kappa shape index (κ1) is 10.0. The van der Waals surface area contributed by atoms with E-state index in [1.165, 1.54) is 5.56 Å². The first-order valence-electron chi connectivity index (χ1n) is 5.59. The summed E-state index contributed by atoms with van der Waals surface area (Å²) in [7, 11) is 0. The number of pyridine rings is 1. The predicted molar refractivity (Wildman–Crippen MR) is 65.9 cm³/mol. The van der Waals surface area contributed by atoms with Gasteiger partial charge >= 0.3 is 0 Å². The van der Waals surface area contributed by atoms with E-state index in [4.69, 9.17) is 4.74 Å².